The molecular formula is C21H17N3O2. The number of para-hydroxylation sites is 2. The second-order valence-corrected chi connectivity index (χ2v) is 5.97. The minimum atomic E-state index is -0.378. The molecule has 0 atom stereocenters. The van der Waals surface area contributed by atoms with Gasteiger partial charge in [0, 0.05) is 28.5 Å². The van der Waals surface area contributed by atoms with Crippen LogP contribution in [0.5, 0.6) is 0 Å². The van der Waals surface area contributed by atoms with Gasteiger partial charge in [-0.25, -0.2) is 5.43 Å². The Morgan fingerprint density at radius 1 is 1.08 bits per heavy atom. The van der Waals surface area contributed by atoms with Crippen LogP contribution in [0, 0.1) is 6.92 Å². The van der Waals surface area contributed by atoms with Crippen LogP contribution in [0.1, 0.15) is 21.8 Å². The Morgan fingerprint density at radius 3 is 2.65 bits per heavy atom. The van der Waals surface area contributed by atoms with E-state index in [1.165, 1.54) is 0 Å². The first-order valence-corrected chi connectivity index (χ1v) is 8.27. The second kappa shape index (κ2) is 6.72. The minimum absolute atomic E-state index is 0.237. The molecule has 5 heteroatoms. The fourth-order valence-corrected chi connectivity index (χ4v) is 2.85. The number of carbonyl (C=O) groups excluding carboxylic acids is 1. The standard InChI is InChI=1S/C21H17N3O2/c1-15-11-16(14-24(15)18-8-3-2-4-9-18)13-22-23-21(25)20-12-17-7-5-6-10-19(17)26-20/h2-14H,1H3,(H,23,25)/b22-13+. The van der Waals surface area contributed by atoms with Crippen LogP contribution in [0.2, 0.25) is 0 Å². The normalized spacial score (nSPS) is 11.3. The Balaban J connectivity index is 1.47. The molecule has 0 aliphatic carbocycles. The van der Waals surface area contributed by atoms with Gasteiger partial charge >= 0.3 is 5.91 Å². The third-order valence-electron chi connectivity index (χ3n) is 4.10. The maximum atomic E-state index is 12.2. The number of furan rings is 1. The van der Waals surface area contributed by atoms with Gasteiger partial charge in [0.05, 0.1) is 6.21 Å². The van der Waals surface area contributed by atoms with Crippen molar-refractivity contribution >= 4 is 23.1 Å². The van der Waals surface area contributed by atoms with Crippen molar-refractivity contribution in [2.45, 2.75) is 6.92 Å². The van der Waals surface area contributed by atoms with E-state index >= 15 is 0 Å². The molecule has 0 radical (unpaired) electrons. The highest BCUT2D eigenvalue weighted by molar-refractivity contribution is 5.96. The van der Waals surface area contributed by atoms with E-state index in [0.717, 1.165) is 22.3 Å². The van der Waals surface area contributed by atoms with Gasteiger partial charge in [0.2, 0.25) is 0 Å². The maximum absolute atomic E-state index is 12.2. The number of nitrogens with zero attached hydrogens (tertiary/aromatic N) is 2. The summed E-state index contributed by atoms with van der Waals surface area (Å²) < 4.78 is 7.60. The smallest absolute Gasteiger partial charge is 0.307 e. The fourth-order valence-electron chi connectivity index (χ4n) is 2.85. The van der Waals surface area contributed by atoms with Gasteiger partial charge in [0.1, 0.15) is 5.58 Å². The lowest BCUT2D eigenvalue weighted by atomic mass is 10.2. The van der Waals surface area contributed by atoms with Gasteiger partial charge in [0.15, 0.2) is 5.76 Å². The second-order valence-electron chi connectivity index (χ2n) is 5.97. The number of hydrogen-bond donors (Lipinski definition) is 1. The summed E-state index contributed by atoms with van der Waals surface area (Å²) in [5, 5.41) is 4.92. The summed E-state index contributed by atoms with van der Waals surface area (Å²) in [4.78, 5) is 12.2. The summed E-state index contributed by atoms with van der Waals surface area (Å²) in [5.41, 5.74) is 6.25. The molecule has 0 unspecified atom stereocenters. The molecule has 0 bridgehead atoms. The number of benzene rings is 2. The number of hydrogen-bond acceptors (Lipinski definition) is 3. The van der Waals surface area contributed by atoms with E-state index in [-0.39, 0.29) is 11.7 Å². The van der Waals surface area contributed by atoms with Crippen molar-refractivity contribution in [3.63, 3.8) is 0 Å². The van der Waals surface area contributed by atoms with Gasteiger partial charge < -0.3 is 8.98 Å². The van der Waals surface area contributed by atoms with E-state index in [0.29, 0.717) is 5.58 Å². The molecule has 2 aromatic carbocycles. The zero-order chi connectivity index (χ0) is 17.9. The van der Waals surface area contributed by atoms with Crippen LogP contribution in [-0.2, 0) is 0 Å². The van der Waals surface area contributed by atoms with Crippen LogP contribution in [-0.4, -0.2) is 16.7 Å². The zero-order valence-electron chi connectivity index (χ0n) is 14.2. The molecule has 0 fully saturated rings. The molecule has 0 spiro atoms. The van der Waals surface area contributed by atoms with E-state index in [1.807, 2.05) is 73.8 Å². The van der Waals surface area contributed by atoms with Crippen molar-refractivity contribution in [1.82, 2.24) is 9.99 Å². The van der Waals surface area contributed by atoms with Crippen LogP contribution in [0.3, 0.4) is 0 Å². The zero-order valence-corrected chi connectivity index (χ0v) is 14.2. The van der Waals surface area contributed by atoms with E-state index in [9.17, 15) is 4.79 Å². The molecule has 26 heavy (non-hydrogen) atoms. The Bertz CT molecular complexity index is 1060. The van der Waals surface area contributed by atoms with E-state index in [1.54, 1.807) is 12.3 Å². The molecular weight excluding hydrogens is 326 g/mol. The Morgan fingerprint density at radius 2 is 1.85 bits per heavy atom. The molecule has 2 heterocycles. The number of rotatable bonds is 4. The number of hydrazone groups is 1. The van der Waals surface area contributed by atoms with Gasteiger partial charge in [-0.05, 0) is 37.3 Å². The van der Waals surface area contributed by atoms with Crippen molar-refractivity contribution in [2.75, 3.05) is 0 Å². The number of aromatic nitrogens is 1. The van der Waals surface area contributed by atoms with Crippen molar-refractivity contribution < 1.29 is 9.21 Å². The molecule has 1 N–H and O–H groups in total. The average molecular weight is 343 g/mol. The lowest BCUT2D eigenvalue weighted by Crippen LogP contribution is -2.16. The van der Waals surface area contributed by atoms with Crippen molar-refractivity contribution in [2.24, 2.45) is 5.10 Å². The first kappa shape index (κ1) is 15.9. The predicted octanol–water partition coefficient (Wildman–Crippen LogP) is 4.30. The van der Waals surface area contributed by atoms with Crippen molar-refractivity contribution in [1.29, 1.82) is 0 Å². The molecule has 0 aliphatic rings. The molecule has 0 saturated carbocycles. The lowest BCUT2D eigenvalue weighted by molar-refractivity contribution is 0.0929. The molecule has 1 amide bonds. The largest absolute Gasteiger partial charge is 0.451 e. The lowest BCUT2D eigenvalue weighted by Gasteiger charge is -2.04. The van der Waals surface area contributed by atoms with Crippen LogP contribution in [0.25, 0.3) is 16.7 Å². The van der Waals surface area contributed by atoms with Crippen molar-refractivity contribution in [3.05, 3.63) is 89.9 Å². The number of nitrogens with one attached hydrogen (secondary N) is 1. The summed E-state index contributed by atoms with van der Waals surface area (Å²) in [6.07, 6.45) is 3.59. The third kappa shape index (κ3) is 3.15. The summed E-state index contributed by atoms with van der Waals surface area (Å²) in [5.74, 6) is -0.141. The molecule has 4 rings (SSSR count). The highest BCUT2D eigenvalue weighted by Gasteiger charge is 2.11. The van der Waals surface area contributed by atoms with E-state index in [2.05, 4.69) is 15.1 Å². The summed E-state index contributed by atoms with van der Waals surface area (Å²) in [7, 11) is 0. The van der Waals surface area contributed by atoms with Crippen molar-refractivity contribution in [3.8, 4) is 5.69 Å². The van der Waals surface area contributed by atoms with Crippen LogP contribution in [0.15, 0.2) is 82.4 Å². The highest BCUT2D eigenvalue weighted by Crippen LogP contribution is 2.18. The third-order valence-corrected chi connectivity index (χ3v) is 4.10. The monoisotopic (exact) mass is 343 g/mol. The van der Waals surface area contributed by atoms with Gasteiger partial charge in [-0.3, -0.25) is 4.79 Å². The Kier molecular flexibility index (Phi) is 4.11. The molecule has 5 nitrogen and oxygen atoms in total. The maximum Gasteiger partial charge on any atom is 0.307 e. The Hall–Kier alpha value is -3.60. The summed E-state index contributed by atoms with van der Waals surface area (Å²) in [6.45, 7) is 2.03. The van der Waals surface area contributed by atoms with Gasteiger partial charge in [0.25, 0.3) is 0 Å². The molecule has 128 valence electrons. The number of amides is 1. The first-order chi connectivity index (χ1) is 12.7. The van der Waals surface area contributed by atoms with Gasteiger partial charge in [-0.2, -0.15) is 5.10 Å². The number of fused-ring (bicyclic) bond motifs is 1. The minimum Gasteiger partial charge on any atom is -0.451 e. The summed E-state index contributed by atoms with van der Waals surface area (Å²) >= 11 is 0. The van der Waals surface area contributed by atoms with Crippen LogP contribution in [0.4, 0.5) is 0 Å². The van der Waals surface area contributed by atoms with Gasteiger partial charge in [-0.15, -0.1) is 0 Å². The molecule has 4 aromatic rings. The van der Waals surface area contributed by atoms with Gasteiger partial charge in [-0.1, -0.05) is 36.4 Å². The molecule has 0 aliphatic heterocycles. The Labute approximate surface area is 150 Å². The van der Waals surface area contributed by atoms with Crippen LogP contribution < -0.4 is 5.43 Å². The van der Waals surface area contributed by atoms with E-state index in [4.69, 9.17) is 4.42 Å². The quantitative estimate of drug-likeness (QED) is 0.444. The number of aryl methyl sites for hydroxylation is 1. The highest BCUT2D eigenvalue weighted by atomic mass is 16.3. The average Bonchev–Trinajstić information content (AvgIpc) is 3.26. The van der Waals surface area contributed by atoms with E-state index < -0.39 is 0 Å². The fraction of sp³-hybridized carbons (Fsp3) is 0.0476. The molecule has 0 saturated heterocycles. The SMILES string of the molecule is Cc1cc(/C=N/NC(=O)c2cc3ccccc3o2)cn1-c1ccccc1. The number of carbonyl (C=O) groups is 1. The predicted molar refractivity (Wildman–Crippen MR) is 102 cm³/mol. The van der Waals surface area contributed by atoms with Crippen LogP contribution >= 0.6 is 0 Å². The first-order valence-electron chi connectivity index (χ1n) is 8.27. The topological polar surface area (TPSA) is 59.5 Å². The summed E-state index contributed by atoms with van der Waals surface area (Å²) in [6, 6.07) is 21.3. The molecule has 2 aromatic heterocycles.